The highest BCUT2D eigenvalue weighted by molar-refractivity contribution is 7.86. The number of carboxylic acids is 1. The van der Waals surface area contributed by atoms with Gasteiger partial charge in [0, 0.05) is 26.7 Å². The molecule has 0 spiro atoms. The summed E-state index contributed by atoms with van der Waals surface area (Å²) in [5, 5.41) is 8.86. The first-order valence-corrected chi connectivity index (χ1v) is 7.78. The standard InChI is InChI=1S/C11H22N2O6S/c1-9-6-13(7-10(2)19-9)20(16,17)12(4-5-18-3)8-11(14)15/h9-10H,4-8H2,1-3H3,(H,14,15). The molecule has 1 fully saturated rings. The van der Waals surface area contributed by atoms with Crippen LogP contribution in [0.4, 0.5) is 0 Å². The van der Waals surface area contributed by atoms with Crippen LogP contribution in [0.15, 0.2) is 0 Å². The third-order valence-electron chi connectivity index (χ3n) is 2.90. The predicted octanol–water partition coefficient (Wildman–Crippen LogP) is -0.627. The number of rotatable bonds is 7. The van der Waals surface area contributed by atoms with Gasteiger partial charge in [-0.25, -0.2) is 0 Å². The second kappa shape index (κ2) is 7.32. The highest BCUT2D eigenvalue weighted by atomic mass is 32.2. The Bertz CT molecular complexity index is 417. The van der Waals surface area contributed by atoms with Crippen LogP contribution in [0.25, 0.3) is 0 Å². The molecule has 1 saturated heterocycles. The number of aliphatic carboxylic acids is 1. The van der Waals surface area contributed by atoms with Crippen molar-refractivity contribution in [1.82, 2.24) is 8.61 Å². The molecule has 9 heteroatoms. The fourth-order valence-electron chi connectivity index (χ4n) is 2.10. The summed E-state index contributed by atoms with van der Waals surface area (Å²) in [5.74, 6) is -1.20. The van der Waals surface area contributed by atoms with E-state index in [-0.39, 0.29) is 38.4 Å². The summed E-state index contributed by atoms with van der Waals surface area (Å²) in [6.07, 6.45) is -0.440. The van der Waals surface area contributed by atoms with E-state index in [2.05, 4.69) is 0 Å². The van der Waals surface area contributed by atoms with Gasteiger partial charge >= 0.3 is 5.97 Å². The van der Waals surface area contributed by atoms with Crippen molar-refractivity contribution in [1.29, 1.82) is 0 Å². The van der Waals surface area contributed by atoms with Gasteiger partial charge in [0.05, 0.1) is 18.8 Å². The molecule has 0 saturated carbocycles. The lowest BCUT2D eigenvalue weighted by molar-refractivity contribution is -0.137. The van der Waals surface area contributed by atoms with E-state index in [1.54, 1.807) is 13.8 Å². The normalized spacial score (nSPS) is 25.0. The number of ether oxygens (including phenoxy) is 2. The lowest BCUT2D eigenvalue weighted by atomic mass is 10.3. The Labute approximate surface area is 119 Å². The number of carbonyl (C=O) groups is 1. The van der Waals surface area contributed by atoms with Gasteiger partial charge in [0.15, 0.2) is 0 Å². The Morgan fingerprint density at radius 2 is 1.95 bits per heavy atom. The monoisotopic (exact) mass is 310 g/mol. The average Bonchev–Trinajstić information content (AvgIpc) is 2.32. The van der Waals surface area contributed by atoms with Gasteiger partial charge < -0.3 is 14.6 Å². The lowest BCUT2D eigenvalue weighted by Crippen LogP contribution is -2.54. The van der Waals surface area contributed by atoms with Crippen molar-refractivity contribution in [2.45, 2.75) is 26.1 Å². The molecule has 2 atom stereocenters. The molecule has 8 nitrogen and oxygen atoms in total. The number of carboxylic acid groups (broad SMARTS) is 1. The third-order valence-corrected chi connectivity index (χ3v) is 4.81. The van der Waals surface area contributed by atoms with Crippen LogP contribution >= 0.6 is 0 Å². The zero-order valence-corrected chi connectivity index (χ0v) is 12.8. The number of hydrogen-bond donors (Lipinski definition) is 1. The van der Waals surface area contributed by atoms with Gasteiger partial charge in [-0.3, -0.25) is 4.79 Å². The molecule has 1 heterocycles. The molecule has 0 aromatic heterocycles. The molecule has 0 aromatic rings. The summed E-state index contributed by atoms with van der Waals surface area (Å²) in [6, 6.07) is 0. The fourth-order valence-corrected chi connectivity index (χ4v) is 3.80. The summed E-state index contributed by atoms with van der Waals surface area (Å²) < 4.78 is 37.5. The van der Waals surface area contributed by atoms with Crippen molar-refractivity contribution in [3.63, 3.8) is 0 Å². The molecule has 2 unspecified atom stereocenters. The van der Waals surface area contributed by atoms with E-state index in [1.807, 2.05) is 0 Å². The molecule has 1 N–H and O–H groups in total. The van der Waals surface area contributed by atoms with Crippen molar-refractivity contribution < 1.29 is 27.8 Å². The SMILES string of the molecule is COCCN(CC(=O)O)S(=O)(=O)N1CC(C)OC(C)C1. The van der Waals surface area contributed by atoms with Gasteiger partial charge in [0.1, 0.15) is 6.54 Å². The van der Waals surface area contributed by atoms with E-state index >= 15 is 0 Å². The highest BCUT2D eigenvalue weighted by Gasteiger charge is 2.35. The maximum absolute atomic E-state index is 12.5. The van der Waals surface area contributed by atoms with Gasteiger partial charge in [0.25, 0.3) is 10.2 Å². The molecule has 1 aliphatic heterocycles. The Morgan fingerprint density at radius 3 is 2.40 bits per heavy atom. The molecule has 0 radical (unpaired) electrons. The summed E-state index contributed by atoms with van der Waals surface area (Å²) in [7, 11) is -2.40. The van der Waals surface area contributed by atoms with Crippen LogP contribution in [0.1, 0.15) is 13.8 Å². The Morgan fingerprint density at radius 1 is 1.40 bits per heavy atom. The summed E-state index contributed by atoms with van der Waals surface area (Å²) in [6.45, 7) is 3.58. The topological polar surface area (TPSA) is 96.4 Å². The molecule has 20 heavy (non-hydrogen) atoms. The molecule has 0 aromatic carbocycles. The van der Waals surface area contributed by atoms with Gasteiger partial charge in [-0.15, -0.1) is 0 Å². The summed E-state index contributed by atoms with van der Waals surface area (Å²) in [4.78, 5) is 10.8. The van der Waals surface area contributed by atoms with Crippen LogP contribution in [0.3, 0.4) is 0 Å². The van der Waals surface area contributed by atoms with E-state index in [4.69, 9.17) is 14.6 Å². The molecule has 1 aliphatic rings. The van der Waals surface area contributed by atoms with Gasteiger partial charge in [-0.2, -0.15) is 17.0 Å². The van der Waals surface area contributed by atoms with Crippen LogP contribution in [0.2, 0.25) is 0 Å². The first-order chi connectivity index (χ1) is 9.27. The Hall–Kier alpha value is -0.740. The van der Waals surface area contributed by atoms with Crippen LogP contribution in [0.5, 0.6) is 0 Å². The van der Waals surface area contributed by atoms with Crippen LogP contribution in [0, 0.1) is 0 Å². The van der Waals surface area contributed by atoms with Gasteiger partial charge in [-0.05, 0) is 13.8 Å². The molecule has 0 bridgehead atoms. The summed E-state index contributed by atoms with van der Waals surface area (Å²) in [5.41, 5.74) is 0. The Kier molecular flexibility index (Phi) is 6.34. The van der Waals surface area contributed by atoms with Gasteiger partial charge in [-0.1, -0.05) is 0 Å². The first-order valence-electron chi connectivity index (χ1n) is 6.38. The van der Waals surface area contributed by atoms with Crippen molar-refractivity contribution >= 4 is 16.2 Å². The van der Waals surface area contributed by atoms with E-state index in [0.717, 1.165) is 4.31 Å². The van der Waals surface area contributed by atoms with Crippen molar-refractivity contribution in [3.8, 4) is 0 Å². The molecular formula is C11H22N2O6S. The zero-order chi connectivity index (χ0) is 15.3. The second-order valence-corrected chi connectivity index (χ2v) is 6.73. The number of morpholine rings is 1. The van der Waals surface area contributed by atoms with Crippen LogP contribution < -0.4 is 0 Å². The third kappa shape index (κ3) is 4.67. The fraction of sp³-hybridized carbons (Fsp3) is 0.909. The zero-order valence-electron chi connectivity index (χ0n) is 12.0. The smallest absolute Gasteiger partial charge is 0.318 e. The minimum atomic E-state index is -3.83. The predicted molar refractivity (Wildman–Crippen MR) is 71.6 cm³/mol. The minimum absolute atomic E-state index is 0.00521. The van der Waals surface area contributed by atoms with E-state index in [9.17, 15) is 13.2 Å². The second-order valence-electron chi connectivity index (χ2n) is 4.80. The van der Waals surface area contributed by atoms with E-state index in [1.165, 1.54) is 11.4 Å². The van der Waals surface area contributed by atoms with Crippen LogP contribution in [-0.2, 0) is 24.5 Å². The Balaban J connectivity index is 2.87. The molecule has 118 valence electrons. The van der Waals surface area contributed by atoms with E-state index in [0.29, 0.717) is 0 Å². The quantitative estimate of drug-likeness (QED) is 0.673. The average molecular weight is 310 g/mol. The largest absolute Gasteiger partial charge is 0.480 e. The minimum Gasteiger partial charge on any atom is -0.480 e. The number of hydrogen-bond acceptors (Lipinski definition) is 5. The molecular weight excluding hydrogens is 288 g/mol. The van der Waals surface area contributed by atoms with E-state index < -0.39 is 22.7 Å². The van der Waals surface area contributed by atoms with Crippen molar-refractivity contribution in [2.24, 2.45) is 0 Å². The van der Waals surface area contributed by atoms with Crippen LogP contribution in [-0.4, -0.2) is 80.2 Å². The maximum atomic E-state index is 12.5. The maximum Gasteiger partial charge on any atom is 0.318 e. The van der Waals surface area contributed by atoms with Gasteiger partial charge in [0.2, 0.25) is 0 Å². The first kappa shape index (κ1) is 17.3. The summed E-state index contributed by atoms with van der Waals surface area (Å²) >= 11 is 0. The molecule has 1 rings (SSSR count). The number of methoxy groups -OCH3 is 1. The van der Waals surface area contributed by atoms with Crippen molar-refractivity contribution in [3.05, 3.63) is 0 Å². The number of nitrogens with zero attached hydrogens (tertiary/aromatic N) is 2. The molecule has 0 aliphatic carbocycles. The molecule has 0 amide bonds. The van der Waals surface area contributed by atoms with Crippen molar-refractivity contribution in [2.75, 3.05) is 39.9 Å². The highest BCUT2D eigenvalue weighted by Crippen LogP contribution is 2.17. The lowest BCUT2D eigenvalue weighted by Gasteiger charge is -2.36.